The van der Waals surface area contributed by atoms with Crippen LogP contribution in [0.5, 0.6) is 0 Å². The molecule has 0 aliphatic rings. The minimum atomic E-state index is 0.453. The van der Waals surface area contributed by atoms with E-state index in [0.29, 0.717) is 12.1 Å². The average Bonchev–Trinajstić information content (AvgIpc) is 2.59. The van der Waals surface area contributed by atoms with Crippen molar-refractivity contribution < 1.29 is 0 Å². The van der Waals surface area contributed by atoms with Crippen LogP contribution in [0.15, 0.2) is 6.20 Å². The minimum absolute atomic E-state index is 0.453. The van der Waals surface area contributed by atoms with Gasteiger partial charge in [-0.2, -0.15) is 5.10 Å². The molecule has 3 nitrogen and oxygen atoms in total. The molecular weight excluding hydrogens is 198 g/mol. The summed E-state index contributed by atoms with van der Waals surface area (Å²) < 4.78 is 2.15. The number of nitrogens with one attached hydrogen (secondary N) is 1. The van der Waals surface area contributed by atoms with E-state index < -0.39 is 0 Å². The molecule has 0 fully saturated rings. The van der Waals surface area contributed by atoms with Gasteiger partial charge >= 0.3 is 0 Å². The van der Waals surface area contributed by atoms with Crippen molar-refractivity contribution in [2.24, 2.45) is 0 Å². The Bertz CT molecular complexity index is 313. The Labute approximate surface area is 99.2 Å². The van der Waals surface area contributed by atoms with Gasteiger partial charge in [0.15, 0.2) is 0 Å². The van der Waals surface area contributed by atoms with Gasteiger partial charge in [0.05, 0.1) is 6.20 Å². The van der Waals surface area contributed by atoms with E-state index in [0.717, 1.165) is 13.0 Å². The first-order valence-electron chi connectivity index (χ1n) is 6.34. The van der Waals surface area contributed by atoms with Crippen molar-refractivity contribution in [3.63, 3.8) is 0 Å². The summed E-state index contributed by atoms with van der Waals surface area (Å²) in [5, 5.41) is 7.95. The van der Waals surface area contributed by atoms with Gasteiger partial charge in [-0.25, -0.2) is 0 Å². The maximum absolute atomic E-state index is 4.49. The highest BCUT2D eigenvalue weighted by Crippen LogP contribution is 2.16. The molecule has 0 saturated carbocycles. The van der Waals surface area contributed by atoms with Crippen LogP contribution >= 0.6 is 0 Å². The molecular formula is C13H25N3. The second kappa shape index (κ2) is 6.04. The molecule has 0 aromatic carbocycles. The zero-order valence-corrected chi connectivity index (χ0v) is 11.2. The van der Waals surface area contributed by atoms with Gasteiger partial charge in [-0.1, -0.05) is 27.2 Å². The van der Waals surface area contributed by atoms with Crippen LogP contribution in [0.25, 0.3) is 0 Å². The largest absolute Gasteiger partial charge is 0.310 e. The maximum Gasteiger partial charge on any atom is 0.0537 e. The fourth-order valence-corrected chi connectivity index (χ4v) is 1.84. The van der Waals surface area contributed by atoms with Crippen molar-refractivity contribution >= 4 is 0 Å². The van der Waals surface area contributed by atoms with Gasteiger partial charge in [0.2, 0.25) is 0 Å². The molecule has 1 heterocycles. The third-order valence-electron chi connectivity index (χ3n) is 2.66. The SMILES string of the molecule is CCCc1c(CNC(C)C)cnn1C(C)C. The number of nitrogens with zero attached hydrogens (tertiary/aromatic N) is 2. The monoisotopic (exact) mass is 223 g/mol. The maximum atomic E-state index is 4.49. The van der Waals surface area contributed by atoms with E-state index in [1.807, 2.05) is 6.20 Å². The summed E-state index contributed by atoms with van der Waals surface area (Å²) in [5.74, 6) is 0. The van der Waals surface area contributed by atoms with E-state index in [-0.39, 0.29) is 0 Å². The van der Waals surface area contributed by atoms with Crippen molar-refractivity contribution in [1.82, 2.24) is 15.1 Å². The topological polar surface area (TPSA) is 29.9 Å². The predicted octanol–water partition coefficient (Wildman–Crippen LogP) is 2.91. The molecule has 1 N–H and O–H groups in total. The standard InChI is InChI=1S/C13H25N3/c1-6-7-13-12(8-14-10(2)3)9-15-16(13)11(4)5/h9-11,14H,6-8H2,1-5H3. The zero-order chi connectivity index (χ0) is 12.1. The van der Waals surface area contributed by atoms with E-state index in [2.05, 4.69) is 49.7 Å². The number of hydrogen-bond acceptors (Lipinski definition) is 2. The quantitative estimate of drug-likeness (QED) is 0.803. The number of rotatable bonds is 6. The lowest BCUT2D eigenvalue weighted by molar-refractivity contribution is 0.503. The Morgan fingerprint density at radius 1 is 1.31 bits per heavy atom. The van der Waals surface area contributed by atoms with Crippen LogP contribution in [0.1, 0.15) is 58.3 Å². The first-order valence-corrected chi connectivity index (χ1v) is 6.34. The van der Waals surface area contributed by atoms with Gasteiger partial charge in [0.25, 0.3) is 0 Å². The molecule has 1 rings (SSSR count). The molecule has 1 aromatic heterocycles. The van der Waals surface area contributed by atoms with E-state index in [4.69, 9.17) is 0 Å². The van der Waals surface area contributed by atoms with Crippen LogP contribution in [0.4, 0.5) is 0 Å². The van der Waals surface area contributed by atoms with Crippen molar-refractivity contribution in [2.45, 2.75) is 66.1 Å². The first kappa shape index (κ1) is 13.2. The molecule has 16 heavy (non-hydrogen) atoms. The first-order chi connectivity index (χ1) is 7.56. The Morgan fingerprint density at radius 3 is 2.50 bits per heavy atom. The molecule has 0 atom stereocenters. The minimum Gasteiger partial charge on any atom is -0.310 e. The van der Waals surface area contributed by atoms with Crippen molar-refractivity contribution in [1.29, 1.82) is 0 Å². The van der Waals surface area contributed by atoms with Gasteiger partial charge in [0.1, 0.15) is 0 Å². The summed E-state index contributed by atoms with van der Waals surface area (Å²) in [7, 11) is 0. The van der Waals surface area contributed by atoms with Gasteiger partial charge in [-0.05, 0) is 20.3 Å². The van der Waals surface area contributed by atoms with E-state index in [1.54, 1.807) is 0 Å². The fraction of sp³-hybridized carbons (Fsp3) is 0.769. The Morgan fingerprint density at radius 2 is 2.00 bits per heavy atom. The summed E-state index contributed by atoms with van der Waals surface area (Å²) in [6.45, 7) is 11.9. The second-order valence-corrected chi connectivity index (χ2v) is 4.94. The average molecular weight is 223 g/mol. The molecule has 0 aliphatic carbocycles. The zero-order valence-electron chi connectivity index (χ0n) is 11.2. The fourth-order valence-electron chi connectivity index (χ4n) is 1.84. The Kier molecular flexibility index (Phi) is 5.00. The molecule has 92 valence electrons. The van der Waals surface area contributed by atoms with Crippen molar-refractivity contribution in [3.05, 3.63) is 17.5 Å². The molecule has 1 aromatic rings. The Balaban J connectivity index is 2.82. The highest BCUT2D eigenvalue weighted by atomic mass is 15.3. The summed E-state index contributed by atoms with van der Waals surface area (Å²) in [6.07, 6.45) is 4.31. The lowest BCUT2D eigenvalue weighted by Gasteiger charge is -2.13. The van der Waals surface area contributed by atoms with Crippen LogP contribution in [-0.4, -0.2) is 15.8 Å². The molecule has 0 saturated heterocycles. The van der Waals surface area contributed by atoms with E-state index in [9.17, 15) is 0 Å². The van der Waals surface area contributed by atoms with Crippen molar-refractivity contribution in [2.75, 3.05) is 0 Å². The van der Waals surface area contributed by atoms with Crippen molar-refractivity contribution in [3.8, 4) is 0 Å². The van der Waals surface area contributed by atoms with Gasteiger partial charge in [-0.15, -0.1) is 0 Å². The van der Waals surface area contributed by atoms with Crippen LogP contribution < -0.4 is 5.32 Å². The summed E-state index contributed by atoms with van der Waals surface area (Å²) in [6, 6.07) is 0.978. The summed E-state index contributed by atoms with van der Waals surface area (Å²) >= 11 is 0. The number of hydrogen-bond donors (Lipinski definition) is 1. The van der Waals surface area contributed by atoms with E-state index in [1.165, 1.54) is 17.7 Å². The lowest BCUT2D eigenvalue weighted by atomic mass is 10.1. The van der Waals surface area contributed by atoms with Crippen LogP contribution in [0.2, 0.25) is 0 Å². The van der Waals surface area contributed by atoms with E-state index >= 15 is 0 Å². The molecule has 0 unspecified atom stereocenters. The third-order valence-corrected chi connectivity index (χ3v) is 2.66. The smallest absolute Gasteiger partial charge is 0.0537 e. The third kappa shape index (κ3) is 3.34. The number of aromatic nitrogens is 2. The summed E-state index contributed by atoms with van der Waals surface area (Å²) in [5.41, 5.74) is 2.75. The second-order valence-electron chi connectivity index (χ2n) is 4.94. The molecule has 0 aliphatic heterocycles. The Hall–Kier alpha value is -0.830. The van der Waals surface area contributed by atoms with Crippen LogP contribution in [0.3, 0.4) is 0 Å². The molecule has 0 amide bonds. The predicted molar refractivity (Wildman–Crippen MR) is 68.6 cm³/mol. The molecule has 0 spiro atoms. The molecule has 0 radical (unpaired) electrons. The van der Waals surface area contributed by atoms with Gasteiger partial charge in [-0.3, -0.25) is 4.68 Å². The lowest BCUT2D eigenvalue weighted by Crippen LogP contribution is -2.22. The highest BCUT2D eigenvalue weighted by Gasteiger charge is 2.11. The van der Waals surface area contributed by atoms with Crippen LogP contribution in [0, 0.1) is 0 Å². The summed E-state index contributed by atoms with van der Waals surface area (Å²) in [4.78, 5) is 0. The molecule has 3 heteroatoms. The highest BCUT2D eigenvalue weighted by molar-refractivity contribution is 5.18. The van der Waals surface area contributed by atoms with Crippen LogP contribution in [-0.2, 0) is 13.0 Å². The van der Waals surface area contributed by atoms with Gasteiger partial charge < -0.3 is 5.32 Å². The molecule has 0 bridgehead atoms. The normalized spacial score (nSPS) is 11.7. The van der Waals surface area contributed by atoms with Gasteiger partial charge in [0, 0.05) is 29.9 Å².